The van der Waals surface area contributed by atoms with Gasteiger partial charge in [-0.15, -0.1) is 11.8 Å². The summed E-state index contributed by atoms with van der Waals surface area (Å²) in [6.07, 6.45) is 0.0278. The van der Waals surface area contributed by atoms with Crippen LogP contribution in [0.4, 0.5) is 0 Å². The maximum absolute atomic E-state index is 11.6. The zero-order valence-electron chi connectivity index (χ0n) is 8.67. The highest BCUT2D eigenvalue weighted by atomic mass is 32.2. The van der Waals surface area contributed by atoms with Crippen LogP contribution in [0.25, 0.3) is 0 Å². The van der Waals surface area contributed by atoms with Gasteiger partial charge in [-0.25, -0.2) is 0 Å². The van der Waals surface area contributed by atoms with Crippen LogP contribution in [0.3, 0.4) is 0 Å². The molecule has 0 radical (unpaired) electrons. The van der Waals surface area contributed by atoms with Crippen molar-refractivity contribution in [1.29, 1.82) is 0 Å². The molecule has 2 aliphatic rings. The van der Waals surface area contributed by atoms with Gasteiger partial charge >= 0.3 is 0 Å². The second kappa shape index (κ2) is 4.20. The molecule has 2 aliphatic heterocycles. The minimum Gasteiger partial charge on any atom is -0.343 e. The number of benzene rings is 1. The molecule has 1 aromatic rings. The molecule has 16 heavy (non-hydrogen) atoms. The summed E-state index contributed by atoms with van der Waals surface area (Å²) >= 11 is 1.70. The van der Waals surface area contributed by atoms with E-state index in [0.29, 0.717) is 13.0 Å². The lowest BCUT2D eigenvalue weighted by molar-refractivity contribution is -0.151. The molecule has 0 amide bonds. The summed E-state index contributed by atoms with van der Waals surface area (Å²) in [5.74, 6) is 0.0715. The number of Topliss-reactive ketones (excluding diaryl/α,β-unsaturated/α-hetero) is 1. The molecule has 2 heterocycles. The van der Waals surface area contributed by atoms with E-state index in [-0.39, 0.29) is 17.1 Å². The Morgan fingerprint density at radius 3 is 2.88 bits per heavy atom. The minimum atomic E-state index is -0.586. The van der Waals surface area contributed by atoms with Crippen LogP contribution in [-0.2, 0) is 14.3 Å². The number of thioether (sulfide) groups is 1. The highest BCUT2D eigenvalue weighted by Gasteiger charge is 2.43. The maximum Gasteiger partial charge on any atom is 0.218 e. The van der Waals surface area contributed by atoms with Gasteiger partial charge < -0.3 is 9.47 Å². The van der Waals surface area contributed by atoms with Crippen LogP contribution in [0, 0.1) is 0 Å². The summed E-state index contributed by atoms with van der Waals surface area (Å²) in [4.78, 5) is 12.8. The van der Waals surface area contributed by atoms with Crippen LogP contribution in [0.2, 0.25) is 0 Å². The van der Waals surface area contributed by atoms with Gasteiger partial charge in [0.1, 0.15) is 0 Å². The number of fused-ring (bicyclic) bond motifs is 2. The Labute approximate surface area is 98.1 Å². The lowest BCUT2D eigenvalue weighted by atomic mass is 10.1. The monoisotopic (exact) mass is 236 g/mol. The van der Waals surface area contributed by atoms with Gasteiger partial charge in [0.15, 0.2) is 5.78 Å². The normalized spacial score (nSPS) is 33.0. The molecule has 2 saturated heterocycles. The van der Waals surface area contributed by atoms with E-state index in [4.69, 9.17) is 9.47 Å². The number of hydrogen-bond donors (Lipinski definition) is 0. The summed E-state index contributed by atoms with van der Waals surface area (Å²) < 4.78 is 10.8. The average Bonchev–Trinajstić information content (AvgIpc) is 2.73. The second-order valence-corrected chi connectivity index (χ2v) is 5.29. The smallest absolute Gasteiger partial charge is 0.218 e. The van der Waals surface area contributed by atoms with Crippen molar-refractivity contribution in [3.63, 3.8) is 0 Å². The first-order valence-electron chi connectivity index (χ1n) is 5.34. The minimum absolute atomic E-state index is 0.0629. The average molecular weight is 236 g/mol. The van der Waals surface area contributed by atoms with E-state index in [1.165, 1.54) is 4.90 Å². The van der Waals surface area contributed by atoms with Gasteiger partial charge in [-0.2, -0.15) is 0 Å². The van der Waals surface area contributed by atoms with E-state index >= 15 is 0 Å². The number of ketones is 1. The molecule has 1 aromatic carbocycles. The molecule has 3 atom stereocenters. The molecular weight excluding hydrogens is 224 g/mol. The fourth-order valence-electron chi connectivity index (χ4n) is 2.00. The summed E-state index contributed by atoms with van der Waals surface area (Å²) in [5, 5.41) is 0.189. The predicted molar refractivity (Wildman–Crippen MR) is 60.3 cm³/mol. The van der Waals surface area contributed by atoms with Crippen molar-refractivity contribution in [2.75, 3.05) is 6.61 Å². The first-order chi connectivity index (χ1) is 7.83. The van der Waals surface area contributed by atoms with Crippen molar-refractivity contribution in [3.05, 3.63) is 30.3 Å². The fourth-order valence-corrected chi connectivity index (χ4v) is 3.21. The second-order valence-electron chi connectivity index (χ2n) is 3.98. The highest BCUT2D eigenvalue weighted by molar-refractivity contribution is 8.00. The van der Waals surface area contributed by atoms with Crippen molar-refractivity contribution in [1.82, 2.24) is 0 Å². The van der Waals surface area contributed by atoms with Crippen molar-refractivity contribution in [3.8, 4) is 0 Å². The molecule has 0 N–H and O–H groups in total. The van der Waals surface area contributed by atoms with Gasteiger partial charge in [0.05, 0.1) is 12.7 Å². The quantitative estimate of drug-likeness (QED) is 0.785. The first kappa shape index (κ1) is 10.3. The van der Waals surface area contributed by atoms with E-state index in [1.807, 2.05) is 18.2 Å². The molecule has 0 unspecified atom stereocenters. The Kier molecular flexibility index (Phi) is 2.71. The topological polar surface area (TPSA) is 35.5 Å². The van der Waals surface area contributed by atoms with E-state index in [0.717, 1.165) is 0 Å². The number of ether oxygens (including phenoxy) is 2. The first-order valence-corrected chi connectivity index (χ1v) is 6.22. The van der Waals surface area contributed by atoms with Gasteiger partial charge in [-0.05, 0) is 12.1 Å². The van der Waals surface area contributed by atoms with E-state index in [9.17, 15) is 4.79 Å². The third-order valence-corrected chi connectivity index (χ3v) is 4.14. The number of carbonyl (C=O) groups excluding carboxylic acids is 1. The van der Waals surface area contributed by atoms with Crippen LogP contribution in [0.5, 0.6) is 0 Å². The van der Waals surface area contributed by atoms with Crippen molar-refractivity contribution in [2.45, 2.75) is 29.0 Å². The van der Waals surface area contributed by atoms with Crippen LogP contribution >= 0.6 is 11.8 Å². The van der Waals surface area contributed by atoms with E-state index in [1.54, 1.807) is 11.8 Å². The molecule has 3 nitrogen and oxygen atoms in total. The Balaban J connectivity index is 1.73. The number of hydrogen-bond acceptors (Lipinski definition) is 4. The Hall–Kier alpha value is -0.840. The predicted octanol–water partition coefficient (Wildman–Crippen LogP) is 1.86. The highest BCUT2D eigenvalue weighted by Crippen LogP contribution is 2.36. The molecule has 2 bridgehead atoms. The summed E-state index contributed by atoms with van der Waals surface area (Å²) in [6.45, 7) is 0.543. The third-order valence-electron chi connectivity index (χ3n) is 2.82. The summed E-state index contributed by atoms with van der Waals surface area (Å²) in [5.41, 5.74) is 0. The van der Waals surface area contributed by atoms with Gasteiger partial charge in [0.2, 0.25) is 6.29 Å². The molecule has 0 aromatic heterocycles. The maximum atomic E-state index is 11.6. The lowest BCUT2D eigenvalue weighted by Crippen LogP contribution is -2.37. The van der Waals surface area contributed by atoms with Crippen molar-refractivity contribution in [2.24, 2.45) is 0 Å². The third kappa shape index (κ3) is 1.88. The van der Waals surface area contributed by atoms with Crippen molar-refractivity contribution >= 4 is 17.5 Å². The molecular formula is C12H12O3S. The molecule has 0 aliphatic carbocycles. The Morgan fingerprint density at radius 1 is 1.25 bits per heavy atom. The van der Waals surface area contributed by atoms with Gasteiger partial charge in [0.25, 0.3) is 0 Å². The van der Waals surface area contributed by atoms with Gasteiger partial charge in [-0.3, -0.25) is 4.79 Å². The van der Waals surface area contributed by atoms with Crippen molar-refractivity contribution < 1.29 is 14.3 Å². The zero-order valence-corrected chi connectivity index (χ0v) is 9.48. The van der Waals surface area contributed by atoms with E-state index < -0.39 is 6.29 Å². The largest absolute Gasteiger partial charge is 0.343 e. The fraction of sp³-hybridized carbons (Fsp3) is 0.417. The molecule has 84 valence electrons. The molecule has 0 saturated carbocycles. The molecule has 2 fully saturated rings. The molecule has 3 rings (SSSR count). The zero-order chi connectivity index (χ0) is 11.0. The van der Waals surface area contributed by atoms with E-state index in [2.05, 4.69) is 12.1 Å². The van der Waals surface area contributed by atoms with Crippen LogP contribution in [0.15, 0.2) is 35.2 Å². The Bertz CT molecular complexity index is 393. The van der Waals surface area contributed by atoms with Gasteiger partial charge in [-0.1, -0.05) is 18.2 Å². The summed E-state index contributed by atoms with van der Waals surface area (Å²) in [7, 11) is 0. The molecule has 0 spiro atoms. The van der Waals surface area contributed by atoms with Crippen LogP contribution in [0.1, 0.15) is 6.42 Å². The Morgan fingerprint density at radius 2 is 2.06 bits per heavy atom. The van der Waals surface area contributed by atoms with Crippen LogP contribution < -0.4 is 0 Å². The summed E-state index contributed by atoms with van der Waals surface area (Å²) in [6, 6.07) is 10.1. The number of carbonyl (C=O) groups is 1. The van der Waals surface area contributed by atoms with Gasteiger partial charge in [0, 0.05) is 16.6 Å². The SMILES string of the molecule is O=C1C[C@H](Sc2ccccc2)[C@@H]2CO[C@H]1O2. The molecule has 4 heteroatoms. The number of rotatable bonds is 2. The van der Waals surface area contributed by atoms with Crippen LogP contribution in [-0.4, -0.2) is 30.0 Å². The lowest BCUT2D eigenvalue weighted by Gasteiger charge is -2.25. The standard InChI is InChI=1S/C12H12O3S/c13-9-6-11(10-7-14-12(9)15-10)16-8-4-2-1-3-5-8/h1-5,10-12H,6-7H2/t10-,11-,12-/m0/s1.